The van der Waals surface area contributed by atoms with E-state index < -0.39 is 5.91 Å². The topological polar surface area (TPSA) is 76.0 Å². The number of anilines is 2. The second-order valence-corrected chi connectivity index (χ2v) is 9.88. The predicted molar refractivity (Wildman–Crippen MR) is 136 cm³/mol. The summed E-state index contributed by atoms with van der Waals surface area (Å²) in [5, 5.41) is 24.0. The van der Waals surface area contributed by atoms with Gasteiger partial charge in [0.05, 0.1) is 0 Å². The number of unbranched alkanes of at least 4 members (excludes halogenated alkanes) is 3. The van der Waals surface area contributed by atoms with Crippen LogP contribution in [0.4, 0.5) is 11.4 Å². The molecule has 0 bridgehead atoms. The minimum Gasteiger partial charge on any atom is -0.507 e. The molecule has 0 radical (unpaired) electrons. The van der Waals surface area contributed by atoms with Gasteiger partial charge >= 0.3 is 0 Å². The van der Waals surface area contributed by atoms with Gasteiger partial charge in [-0.15, -0.1) is 0 Å². The number of likely N-dealkylation sites (N-methyl/N-ethyl adjacent to an activating group) is 1. The quantitative estimate of drug-likeness (QED) is 0.446. The van der Waals surface area contributed by atoms with Gasteiger partial charge in [0, 0.05) is 37.6 Å². The Morgan fingerprint density at radius 1 is 0.970 bits per heavy atom. The molecule has 0 aliphatic carbocycles. The van der Waals surface area contributed by atoms with Crippen LogP contribution in [0.25, 0.3) is 0 Å². The molecule has 1 fully saturated rings. The lowest BCUT2D eigenvalue weighted by Gasteiger charge is -2.34. The van der Waals surface area contributed by atoms with Crippen LogP contribution in [0.1, 0.15) is 68.8 Å². The number of piperazine rings is 1. The molecule has 1 aliphatic rings. The summed E-state index contributed by atoms with van der Waals surface area (Å²) in [5.74, 6) is -0.916. The van der Waals surface area contributed by atoms with Crippen LogP contribution in [0.2, 0.25) is 0 Å². The van der Waals surface area contributed by atoms with Gasteiger partial charge < -0.3 is 25.3 Å². The molecule has 0 unspecified atom stereocenters. The van der Waals surface area contributed by atoms with Gasteiger partial charge in [0.1, 0.15) is 17.1 Å². The number of carbonyl (C=O) groups is 1. The molecular formula is C27H39N3O3. The summed E-state index contributed by atoms with van der Waals surface area (Å²) in [5.41, 5.74) is 2.29. The zero-order valence-electron chi connectivity index (χ0n) is 20.5. The second kappa shape index (κ2) is 10.9. The van der Waals surface area contributed by atoms with Crippen molar-refractivity contribution in [3.63, 3.8) is 0 Å². The van der Waals surface area contributed by atoms with E-state index in [4.69, 9.17) is 0 Å². The van der Waals surface area contributed by atoms with E-state index in [1.807, 2.05) is 24.3 Å². The smallest absolute Gasteiger partial charge is 0.263 e. The fourth-order valence-corrected chi connectivity index (χ4v) is 4.39. The van der Waals surface area contributed by atoms with Crippen molar-refractivity contribution in [3.05, 3.63) is 47.5 Å². The Bertz CT molecular complexity index is 909. The van der Waals surface area contributed by atoms with Crippen molar-refractivity contribution in [2.75, 3.05) is 43.4 Å². The van der Waals surface area contributed by atoms with E-state index in [-0.39, 0.29) is 22.5 Å². The van der Waals surface area contributed by atoms with E-state index in [1.165, 1.54) is 19.3 Å². The first kappa shape index (κ1) is 24.9. The van der Waals surface area contributed by atoms with Crippen LogP contribution in [0.3, 0.4) is 0 Å². The third-order valence-electron chi connectivity index (χ3n) is 6.75. The first-order valence-corrected chi connectivity index (χ1v) is 12.1. The molecule has 0 atom stereocenters. The highest BCUT2D eigenvalue weighted by atomic mass is 16.3. The number of nitrogens with one attached hydrogen (secondary N) is 1. The summed E-state index contributed by atoms with van der Waals surface area (Å²) in [6.07, 6.45) is 5.62. The first-order chi connectivity index (χ1) is 15.7. The molecule has 1 aliphatic heterocycles. The highest BCUT2D eigenvalue weighted by Gasteiger charge is 2.25. The minimum atomic E-state index is -0.523. The maximum atomic E-state index is 12.8. The van der Waals surface area contributed by atoms with Gasteiger partial charge in [0.25, 0.3) is 5.91 Å². The number of rotatable bonds is 9. The van der Waals surface area contributed by atoms with Crippen LogP contribution in [-0.2, 0) is 5.41 Å². The van der Waals surface area contributed by atoms with Gasteiger partial charge in [-0.1, -0.05) is 46.5 Å². The molecule has 0 spiro atoms. The first-order valence-electron chi connectivity index (χ1n) is 12.1. The molecule has 3 rings (SSSR count). The van der Waals surface area contributed by atoms with Gasteiger partial charge in [-0.2, -0.15) is 0 Å². The maximum absolute atomic E-state index is 12.8. The van der Waals surface area contributed by atoms with E-state index in [2.05, 4.69) is 42.9 Å². The number of nitrogens with zero attached hydrogens (tertiary/aromatic N) is 2. The van der Waals surface area contributed by atoms with Crippen molar-refractivity contribution >= 4 is 17.3 Å². The highest BCUT2D eigenvalue weighted by molar-refractivity contribution is 6.08. The summed E-state index contributed by atoms with van der Waals surface area (Å²) in [4.78, 5) is 17.5. The number of carbonyl (C=O) groups excluding carboxylic acids is 1. The number of hydrogen-bond acceptors (Lipinski definition) is 5. The molecule has 6 heteroatoms. The second-order valence-electron chi connectivity index (χ2n) is 9.88. The van der Waals surface area contributed by atoms with Crippen LogP contribution >= 0.6 is 0 Å². The normalized spacial score (nSPS) is 15.0. The molecule has 0 saturated carbocycles. The fraction of sp³-hybridized carbons (Fsp3) is 0.519. The van der Waals surface area contributed by atoms with Gasteiger partial charge in [-0.05, 0) is 60.8 Å². The summed E-state index contributed by atoms with van der Waals surface area (Å²) in [6.45, 7) is 10.4. The van der Waals surface area contributed by atoms with Crippen LogP contribution < -0.4 is 10.2 Å². The zero-order valence-corrected chi connectivity index (χ0v) is 20.5. The van der Waals surface area contributed by atoms with Crippen LogP contribution in [0, 0.1) is 0 Å². The molecule has 0 aromatic heterocycles. The number of amides is 1. The molecule has 3 N–H and O–H groups in total. The van der Waals surface area contributed by atoms with E-state index in [0.29, 0.717) is 5.69 Å². The molecule has 33 heavy (non-hydrogen) atoms. The number of benzene rings is 2. The van der Waals surface area contributed by atoms with Crippen LogP contribution in [-0.4, -0.2) is 54.2 Å². The maximum Gasteiger partial charge on any atom is 0.263 e. The van der Waals surface area contributed by atoms with Crippen molar-refractivity contribution in [3.8, 4) is 11.5 Å². The van der Waals surface area contributed by atoms with Gasteiger partial charge in [-0.3, -0.25) is 4.79 Å². The Labute approximate surface area is 198 Å². The summed E-state index contributed by atoms with van der Waals surface area (Å²) < 4.78 is 0. The molecule has 1 heterocycles. The predicted octanol–water partition coefficient (Wildman–Crippen LogP) is 5.35. The number of phenolic OH excluding ortho intramolecular Hbond substituents is 2. The Hall–Kier alpha value is -2.73. The Morgan fingerprint density at radius 3 is 2.15 bits per heavy atom. The van der Waals surface area contributed by atoms with E-state index in [1.54, 1.807) is 12.1 Å². The Balaban J connectivity index is 1.67. The standard InChI is InChI=1S/C27H39N3O3/c1-5-6-7-8-13-27(2,3)20-18-23(31)25(24(32)19-20)26(33)28-21-9-11-22(12-10-21)30-16-14-29(4)15-17-30/h9-12,18-19,31-32H,5-8,13-17H2,1-4H3,(H,28,33). The number of aromatic hydroxyl groups is 2. The van der Waals surface area contributed by atoms with Crippen LogP contribution in [0.5, 0.6) is 11.5 Å². The third kappa shape index (κ3) is 6.41. The molecule has 6 nitrogen and oxygen atoms in total. The van der Waals surface area contributed by atoms with E-state index >= 15 is 0 Å². The van der Waals surface area contributed by atoms with Crippen molar-refractivity contribution in [1.82, 2.24) is 4.90 Å². The zero-order chi connectivity index (χ0) is 24.0. The monoisotopic (exact) mass is 453 g/mol. The highest BCUT2D eigenvalue weighted by Crippen LogP contribution is 2.37. The average molecular weight is 454 g/mol. The van der Waals surface area contributed by atoms with Gasteiger partial charge in [0.2, 0.25) is 0 Å². The molecule has 2 aromatic rings. The minimum absolute atomic E-state index is 0.0938. The van der Waals surface area contributed by atoms with Crippen molar-refractivity contribution < 1.29 is 15.0 Å². The lowest BCUT2D eigenvalue weighted by atomic mass is 9.79. The Morgan fingerprint density at radius 2 is 1.58 bits per heavy atom. The number of phenols is 2. The average Bonchev–Trinajstić information content (AvgIpc) is 2.77. The van der Waals surface area contributed by atoms with Gasteiger partial charge in [-0.25, -0.2) is 0 Å². The van der Waals surface area contributed by atoms with Crippen molar-refractivity contribution in [2.45, 2.75) is 58.3 Å². The number of hydrogen-bond donors (Lipinski definition) is 3. The molecule has 1 amide bonds. The lowest BCUT2D eigenvalue weighted by molar-refractivity contribution is 0.102. The molecule has 2 aromatic carbocycles. The summed E-state index contributed by atoms with van der Waals surface area (Å²) >= 11 is 0. The largest absolute Gasteiger partial charge is 0.507 e. The Kier molecular flexibility index (Phi) is 8.25. The lowest BCUT2D eigenvalue weighted by Crippen LogP contribution is -2.44. The third-order valence-corrected chi connectivity index (χ3v) is 6.75. The summed E-state index contributed by atoms with van der Waals surface area (Å²) in [6, 6.07) is 10.9. The summed E-state index contributed by atoms with van der Waals surface area (Å²) in [7, 11) is 2.13. The fourth-order valence-electron chi connectivity index (χ4n) is 4.39. The van der Waals surface area contributed by atoms with Gasteiger partial charge in [0.15, 0.2) is 0 Å². The molecule has 1 saturated heterocycles. The molecule has 180 valence electrons. The van der Waals surface area contributed by atoms with E-state index in [0.717, 1.165) is 50.3 Å². The van der Waals surface area contributed by atoms with Crippen molar-refractivity contribution in [1.29, 1.82) is 0 Å². The van der Waals surface area contributed by atoms with Crippen LogP contribution in [0.15, 0.2) is 36.4 Å². The molecular weight excluding hydrogens is 414 g/mol. The SMILES string of the molecule is CCCCCCC(C)(C)c1cc(O)c(C(=O)Nc2ccc(N3CCN(C)CC3)cc2)c(O)c1. The van der Waals surface area contributed by atoms with E-state index in [9.17, 15) is 15.0 Å². The van der Waals surface area contributed by atoms with Crippen molar-refractivity contribution in [2.24, 2.45) is 0 Å².